The van der Waals surface area contributed by atoms with Crippen molar-refractivity contribution >= 4 is 5.82 Å². The van der Waals surface area contributed by atoms with Crippen molar-refractivity contribution in [3.8, 4) is 0 Å². The Hall–Kier alpha value is -1.42. The lowest BCUT2D eigenvalue weighted by molar-refractivity contribution is 0.302. The molecule has 0 aliphatic heterocycles. The van der Waals surface area contributed by atoms with Gasteiger partial charge in [-0.2, -0.15) is 0 Å². The molecule has 4 nitrogen and oxygen atoms in total. The van der Waals surface area contributed by atoms with Crippen LogP contribution in [0, 0.1) is 0 Å². The highest BCUT2D eigenvalue weighted by Crippen LogP contribution is 2.28. The zero-order valence-corrected chi connectivity index (χ0v) is 10.2. The van der Waals surface area contributed by atoms with Crippen LogP contribution in [0.25, 0.3) is 0 Å². The molecule has 1 aliphatic carbocycles. The number of nitrogens with zero attached hydrogens (tertiary/aromatic N) is 3. The maximum atomic E-state index is 9.01. The Bertz CT molecular complexity index is 384. The van der Waals surface area contributed by atoms with Gasteiger partial charge in [-0.3, -0.25) is 0 Å². The maximum absolute atomic E-state index is 9.01. The van der Waals surface area contributed by atoms with Crippen molar-refractivity contribution in [3.05, 3.63) is 30.2 Å². The van der Waals surface area contributed by atoms with Gasteiger partial charge in [-0.15, -0.1) is 0 Å². The molecule has 1 aromatic rings. The van der Waals surface area contributed by atoms with Crippen molar-refractivity contribution in [2.24, 2.45) is 0 Å². The molecule has 0 spiro atoms. The molecule has 0 saturated heterocycles. The zero-order chi connectivity index (χ0) is 12.1. The second-order valence-corrected chi connectivity index (χ2v) is 4.24. The van der Waals surface area contributed by atoms with E-state index < -0.39 is 0 Å². The number of aliphatic hydroxyl groups is 1. The molecule has 0 fully saturated rings. The van der Waals surface area contributed by atoms with Gasteiger partial charge in [-0.25, -0.2) is 9.97 Å². The molecule has 0 bridgehead atoms. The van der Waals surface area contributed by atoms with Gasteiger partial charge in [-0.05, 0) is 19.8 Å². The van der Waals surface area contributed by atoms with E-state index in [9.17, 15) is 0 Å². The summed E-state index contributed by atoms with van der Waals surface area (Å²) in [5.41, 5.74) is 1.11. The van der Waals surface area contributed by atoms with Crippen molar-refractivity contribution in [1.82, 2.24) is 9.97 Å². The van der Waals surface area contributed by atoms with Crippen molar-refractivity contribution in [2.75, 3.05) is 24.6 Å². The van der Waals surface area contributed by atoms with E-state index in [1.807, 2.05) is 0 Å². The molecule has 1 aliphatic rings. The van der Waals surface area contributed by atoms with Crippen molar-refractivity contribution in [1.29, 1.82) is 0 Å². The summed E-state index contributed by atoms with van der Waals surface area (Å²) in [5, 5.41) is 9.01. The molecule has 0 atom stereocenters. The van der Waals surface area contributed by atoms with Crippen LogP contribution >= 0.6 is 0 Å². The number of aliphatic hydroxyl groups excluding tert-OH is 1. The Labute approximate surface area is 102 Å². The second-order valence-electron chi connectivity index (χ2n) is 4.24. The smallest absolute Gasteiger partial charge is 0.132 e. The molecule has 17 heavy (non-hydrogen) atoms. The number of rotatable bonds is 5. The number of anilines is 1. The lowest BCUT2D eigenvalue weighted by atomic mass is 10.0. The van der Waals surface area contributed by atoms with Crippen LogP contribution in [0.3, 0.4) is 0 Å². The summed E-state index contributed by atoms with van der Waals surface area (Å²) in [6.45, 7) is 3.68. The van der Waals surface area contributed by atoms with Gasteiger partial charge in [0, 0.05) is 30.8 Å². The van der Waals surface area contributed by atoms with Gasteiger partial charge < -0.3 is 10.0 Å². The van der Waals surface area contributed by atoms with Gasteiger partial charge in [-0.1, -0.05) is 12.2 Å². The second kappa shape index (κ2) is 5.77. The van der Waals surface area contributed by atoms with Crippen LogP contribution in [-0.4, -0.2) is 34.8 Å². The summed E-state index contributed by atoms with van der Waals surface area (Å²) in [6, 6.07) is 2.05. The fourth-order valence-electron chi connectivity index (χ4n) is 2.17. The van der Waals surface area contributed by atoms with E-state index in [2.05, 4.69) is 40.0 Å². The summed E-state index contributed by atoms with van der Waals surface area (Å²) < 4.78 is 0. The third-order valence-corrected chi connectivity index (χ3v) is 3.18. The van der Waals surface area contributed by atoms with Crippen molar-refractivity contribution in [2.45, 2.75) is 25.7 Å². The summed E-state index contributed by atoms with van der Waals surface area (Å²) in [7, 11) is 0. The number of likely N-dealkylation sites (N-methyl/N-ethyl adjacent to an activating group) is 1. The summed E-state index contributed by atoms with van der Waals surface area (Å²) >= 11 is 0. The quantitative estimate of drug-likeness (QED) is 0.787. The Kier molecular flexibility index (Phi) is 4.09. The first-order valence-electron chi connectivity index (χ1n) is 6.18. The van der Waals surface area contributed by atoms with Crippen molar-refractivity contribution < 1.29 is 5.11 Å². The van der Waals surface area contributed by atoms with E-state index in [1.54, 1.807) is 6.33 Å². The standard InChI is InChI=1S/C13H19N3O/c1-2-16(7-8-17)13-9-12(14-10-15-13)11-5-3-4-6-11/h3-4,9-11,17H,2,5-8H2,1H3. The Morgan fingerprint density at radius 2 is 2.12 bits per heavy atom. The van der Waals surface area contributed by atoms with E-state index in [4.69, 9.17) is 5.11 Å². The number of hydrogen-bond donors (Lipinski definition) is 1. The molecule has 92 valence electrons. The molecular weight excluding hydrogens is 214 g/mol. The fourth-order valence-corrected chi connectivity index (χ4v) is 2.17. The highest BCUT2D eigenvalue weighted by Gasteiger charge is 2.16. The Morgan fingerprint density at radius 1 is 1.35 bits per heavy atom. The third kappa shape index (κ3) is 2.82. The molecule has 0 radical (unpaired) electrons. The highest BCUT2D eigenvalue weighted by atomic mass is 16.3. The molecule has 2 rings (SSSR count). The van der Waals surface area contributed by atoms with Gasteiger partial charge in [0.05, 0.1) is 6.61 Å². The van der Waals surface area contributed by atoms with E-state index in [0.717, 1.165) is 30.9 Å². The summed E-state index contributed by atoms with van der Waals surface area (Å²) in [4.78, 5) is 10.7. The predicted octanol–water partition coefficient (Wildman–Crippen LogP) is 1.73. The minimum atomic E-state index is 0.151. The first-order valence-corrected chi connectivity index (χ1v) is 6.18. The van der Waals surface area contributed by atoms with E-state index in [-0.39, 0.29) is 6.61 Å². The number of aromatic nitrogens is 2. The van der Waals surface area contributed by atoms with Crippen LogP contribution in [-0.2, 0) is 0 Å². The molecule has 0 amide bonds. The molecule has 1 aromatic heterocycles. The molecule has 4 heteroatoms. The number of hydrogen-bond acceptors (Lipinski definition) is 4. The fraction of sp³-hybridized carbons (Fsp3) is 0.538. The van der Waals surface area contributed by atoms with E-state index in [1.165, 1.54) is 0 Å². The predicted molar refractivity (Wildman–Crippen MR) is 68.1 cm³/mol. The van der Waals surface area contributed by atoms with Crippen LogP contribution in [0.2, 0.25) is 0 Å². The number of allylic oxidation sites excluding steroid dienone is 2. The molecular formula is C13H19N3O. The van der Waals surface area contributed by atoms with Crippen LogP contribution in [0.5, 0.6) is 0 Å². The SMILES string of the molecule is CCN(CCO)c1cc(C2CC=CC2)ncn1. The maximum Gasteiger partial charge on any atom is 0.132 e. The van der Waals surface area contributed by atoms with Crippen molar-refractivity contribution in [3.63, 3.8) is 0 Å². The van der Waals surface area contributed by atoms with E-state index >= 15 is 0 Å². The van der Waals surface area contributed by atoms with Gasteiger partial charge >= 0.3 is 0 Å². The molecule has 1 N–H and O–H groups in total. The van der Waals surface area contributed by atoms with Gasteiger partial charge in [0.25, 0.3) is 0 Å². The highest BCUT2D eigenvalue weighted by molar-refractivity contribution is 5.39. The zero-order valence-electron chi connectivity index (χ0n) is 10.2. The van der Waals surface area contributed by atoms with Crippen LogP contribution < -0.4 is 4.90 Å². The van der Waals surface area contributed by atoms with Crippen LogP contribution in [0.15, 0.2) is 24.5 Å². The minimum absolute atomic E-state index is 0.151. The minimum Gasteiger partial charge on any atom is -0.395 e. The van der Waals surface area contributed by atoms with E-state index in [0.29, 0.717) is 12.5 Å². The monoisotopic (exact) mass is 233 g/mol. The van der Waals surface area contributed by atoms with Gasteiger partial charge in [0.1, 0.15) is 12.1 Å². The average Bonchev–Trinajstić information content (AvgIpc) is 2.90. The lowest BCUT2D eigenvalue weighted by Crippen LogP contribution is -2.27. The molecule has 0 saturated carbocycles. The average molecular weight is 233 g/mol. The molecule has 0 unspecified atom stereocenters. The summed E-state index contributed by atoms with van der Waals surface area (Å²) in [6.07, 6.45) is 8.18. The van der Waals surface area contributed by atoms with Crippen LogP contribution in [0.4, 0.5) is 5.82 Å². The third-order valence-electron chi connectivity index (χ3n) is 3.18. The largest absolute Gasteiger partial charge is 0.395 e. The molecule has 1 heterocycles. The molecule has 0 aromatic carbocycles. The summed E-state index contributed by atoms with van der Waals surface area (Å²) in [5.74, 6) is 1.42. The first-order chi connectivity index (χ1) is 8.35. The Balaban J connectivity index is 2.15. The van der Waals surface area contributed by atoms with Gasteiger partial charge in [0.2, 0.25) is 0 Å². The topological polar surface area (TPSA) is 49.2 Å². The van der Waals surface area contributed by atoms with Crippen LogP contribution in [0.1, 0.15) is 31.4 Å². The lowest BCUT2D eigenvalue weighted by Gasteiger charge is -2.21. The first kappa shape index (κ1) is 12.0. The normalized spacial score (nSPS) is 15.4. The Morgan fingerprint density at radius 3 is 2.76 bits per heavy atom. The van der Waals surface area contributed by atoms with Gasteiger partial charge in [0.15, 0.2) is 0 Å².